The van der Waals surface area contributed by atoms with Gasteiger partial charge in [0.25, 0.3) is 35.9 Å². The zero-order chi connectivity index (χ0) is 24.7. The number of aryl methyl sites for hydroxylation is 1. The van der Waals surface area contributed by atoms with E-state index < -0.39 is 0 Å². The Morgan fingerprint density at radius 3 is 1.85 bits per heavy atom. The number of alkyl halides is 1. The van der Waals surface area contributed by atoms with Gasteiger partial charge in [0.2, 0.25) is 0 Å². The standard InChI is InChI=1S/C11H14N4O.C6H13BrO.C5H2N4.CH4/c1-12-10-11(13-2)15(9-14-10)7-5-3-4-6-8-16;7-5-3-1-2-4-6-8;1-6-4-5(7-2)9-3-8-4;/h9,16H,3-8H2;8H,1-6H2;3H,(H,8,9);1H4. The van der Waals surface area contributed by atoms with Crippen molar-refractivity contribution in [1.29, 1.82) is 0 Å². The summed E-state index contributed by atoms with van der Waals surface area (Å²) >= 11 is 3.34. The van der Waals surface area contributed by atoms with Crippen molar-refractivity contribution in [3.05, 3.63) is 58.3 Å². The number of imidazole rings is 2. The largest absolute Gasteiger partial charge is 0.396 e. The van der Waals surface area contributed by atoms with E-state index in [1.54, 1.807) is 10.9 Å². The molecule has 0 radical (unpaired) electrons. The van der Waals surface area contributed by atoms with Gasteiger partial charge in [-0.05, 0) is 32.1 Å². The quantitative estimate of drug-likeness (QED) is 0.172. The van der Waals surface area contributed by atoms with E-state index in [9.17, 15) is 0 Å². The van der Waals surface area contributed by atoms with Crippen LogP contribution in [0, 0.1) is 26.3 Å². The first-order valence-electron chi connectivity index (χ1n) is 10.5. The summed E-state index contributed by atoms with van der Waals surface area (Å²) in [6.45, 7) is 28.1. The smallest absolute Gasteiger partial charge is 0.293 e. The third-order valence-corrected chi connectivity index (χ3v) is 4.73. The van der Waals surface area contributed by atoms with Crippen molar-refractivity contribution in [3.63, 3.8) is 0 Å². The fourth-order valence-electron chi connectivity index (χ4n) is 2.47. The number of aromatic amines is 1. The lowest BCUT2D eigenvalue weighted by Crippen LogP contribution is -1.95. The molecule has 0 aromatic carbocycles. The lowest BCUT2D eigenvalue weighted by molar-refractivity contribution is 0.282. The second-order valence-electron chi connectivity index (χ2n) is 6.57. The van der Waals surface area contributed by atoms with Gasteiger partial charge in [-0.1, -0.05) is 78.9 Å². The second kappa shape index (κ2) is 23.0. The Morgan fingerprint density at radius 2 is 1.38 bits per heavy atom. The third-order valence-electron chi connectivity index (χ3n) is 4.17. The summed E-state index contributed by atoms with van der Waals surface area (Å²) in [7, 11) is 0. The molecule has 0 aliphatic carbocycles. The molecule has 10 nitrogen and oxygen atoms in total. The van der Waals surface area contributed by atoms with Gasteiger partial charge in [-0.2, -0.15) is 0 Å². The first-order chi connectivity index (χ1) is 16.1. The van der Waals surface area contributed by atoms with Crippen LogP contribution in [-0.4, -0.2) is 48.3 Å². The van der Waals surface area contributed by atoms with Gasteiger partial charge in [-0.3, -0.25) is 9.55 Å². The lowest BCUT2D eigenvalue weighted by atomic mass is 10.2. The summed E-state index contributed by atoms with van der Waals surface area (Å²) in [5.41, 5.74) is 0. The first-order valence-corrected chi connectivity index (χ1v) is 11.6. The Hall–Kier alpha value is -3.22. The highest BCUT2D eigenvalue weighted by molar-refractivity contribution is 9.09. The molecule has 2 aromatic heterocycles. The first kappa shape index (κ1) is 33.0. The lowest BCUT2D eigenvalue weighted by Gasteiger charge is -2.00. The number of nitrogens with one attached hydrogen (secondary N) is 1. The van der Waals surface area contributed by atoms with Gasteiger partial charge >= 0.3 is 0 Å². The number of nitrogens with zero attached hydrogens (tertiary/aromatic N) is 7. The van der Waals surface area contributed by atoms with Gasteiger partial charge in [-0.25, -0.2) is 0 Å². The van der Waals surface area contributed by atoms with Crippen molar-refractivity contribution < 1.29 is 10.2 Å². The van der Waals surface area contributed by atoms with E-state index in [0.717, 1.165) is 37.4 Å². The van der Waals surface area contributed by atoms with Crippen LogP contribution in [0.15, 0.2) is 12.7 Å². The number of rotatable bonds is 11. The molecular weight excluding hydrogens is 500 g/mol. The monoisotopic (exact) mass is 532 g/mol. The van der Waals surface area contributed by atoms with Gasteiger partial charge < -0.3 is 29.6 Å². The van der Waals surface area contributed by atoms with Crippen LogP contribution in [0.3, 0.4) is 0 Å². The normalized spacial score (nSPS) is 8.91. The molecule has 0 bridgehead atoms. The van der Waals surface area contributed by atoms with E-state index in [1.807, 2.05) is 0 Å². The van der Waals surface area contributed by atoms with Crippen LogP contribution < -0.4 is 0 Å². The van der Waals surface area contributed by atoms with Crippen molar-refractivity contribution >= 4 is 39.2 Å². The molecule has 0 atom stereocenters. The second-order valence-corrected chi connectivity index (χ2v) is 7.36. The van der Waals surface area contributed by atoms with Gasteiger partial charge in [0.05, 0.1) is 6.54 Å². The Balaban J connectivity index is 0. The molecule has 0 fully saturated rings. The number of aliphatic hydroxyl groups excluding tert-OH is 2. The Labute approximate surface area is 211 Å². The molecule has 0 aliphatic heterocycles. The van der Waals surface area contributed by atoms with Crippen LogP contribution in [-0.2, 0) is 6.54 Å². The van der Waals surface area contributed by atoms with Crippen LogP contribution in [0.4, 0.5) is 23.3 Å². The van der Waals surface area contributed by atoms with E-state index in [0.29, 0.717) is 19.0 Å². The number of aromatic nitrogens is 4. The average molecular weight is 533 g/mol. The van der Waals surface area contributed by atoms with Crippen LogP contribution in [0.1, 0.15) is 58.8 Å². The van der Waals surface area contributed by atoms with Gasteiger partial charge in [-0.15, -0.1) is 0 Å². The zero-order valence-corrected chi connectivity index (χ0v) is 20.1. The third kappa shape index (κ3) is 14.0. The highest BCUT2D eigenvalue weighted by Crippen LogP contribution is 2.26. The molecule has 0 saturated carbocycles. The van der Waals surface area contributed by atoms with Crippen molar-refractivity contribution in [1.82, 2.24) is 19.5 Å². The molecular formula is C23H33BrN8O2. The molecule has 34 heavy (non-hydrogen) atoms. The topological polar surface area (TPSA) is 104 Å². The van der Waals surface area contributed by atoms with Crippen molar-refractivity contribution in [2.45, 2.75) is 65.3 Å². The predicted molar refractivity (Wildman–Crippen MR) is 137 cm³/mol. The maximum absolute atomic E-state index is 8.61. The van der Waals surface area contributed by atoms with Gasteiger partial charge in [0, 0.05) is 18.5 Å². The highest BCUT2D eigenvalue weighted by atomic mass is 79.9. The number of hydrogen-bond donors (Lipinski definition) is 3. The minimum absolute atomic E-state index is 0. The molecule has 184 valence electrons. The molecule has 2 heterocycles. The predicted octanol–water partition coefficient (Wildman–Crippen LogP) is 6.62. The van der Waals surface area contributed by atoms with Crippen LogP contribution in [0.2, 0.25) is 0 Å². The SMILES string of the molecule is C.OCCCCCCBr.[C-]#[N+]c1nc[nH]c1[N+]#[C-].[C-]#[N+]c1ncn(CCCCCCO)c1[N+]#[C-]. The fraction of sp³-hybridized carbons (Fsp3) is 0.565. The minimum atomic E-state index is 0. The number of hydrogen-bond acceptors (Lipinski definition) is 4. The zero-order valence-electron chi connectivity index (χ0n) is 18.5. The van der Waals surface area contributed by atoms with Crippen molar-refractivity contribution in [3.8, 4) is 0 Å². The van der Waals surface area contributed by atoms with Crippen LogP contribution >= 0.6 is 15.9 Å². The Morgan fingerprint density at radius 1 is 0.794 bits per heavy atom. The molecule has 0 spiro atoms. The summed E-state index contributed by atoms with van der Waals surface area (Å²) in [6, 6.07) is 0. The number of H-pyrrole nitrogens is 1. The van der Waals surface area contributed by atoms with Gasteiger partial charge in [0.15, 0.2) is 0 Å². The summed E-state index contributed by atoms with van der Waals surface area (Å²) in [6.07, 6.45) is 11.3. The molecule has 11 heteroatoms. The summed E-state index contributed by atoms with van der Waals surface area (Å²) in [5.74, 6) is 0.873. The summed E-state index contributed by atoms with van der Waals surface area (Å²) < 4.78 is 1.72. The fourth-order valence-corrected chi connectivity index (χ4v) is 2.87. The molecule has 0 amide bonds. The van der Waals surface area contributed by atoms with Crippen LogP contribution in [0.5, 0.6) is 0 Å². The average Bonchev–Trinajstić information content (AvgIpc) is 3.48. The van der Waals surface area contributed by atoms with E-state index >= 15 is 0 Å². The Kier molecular flexibility index (Phi) is 22.3. The molecule has 0 unspecified atom stereocenters. The Bertz CT molecular complexity index is 910. The molecule has 0 aliphatic rings. The van der Waals surface area contributed by atoms with E-state index in [4.69, 9.17) is 36.5 Å². The number of unbranched alkanes of at least 4 members (excludes halogenated alkanes) is 6. The van der Waals surface area contributed by atoms with E-state index in [2.05, 4.69) is 50.3 Å². The maximum atomic E-state index is 8.61. The number of halogens is 1. The van der Waals surface area contributed by atoms with Gasteiger partial charge in [0.1, 0.15) is 0 Å². The van der Waals surface area contributed by atoms with Crippen molar-refractivity contribution in [2.24, 2.45) is 0 Å². The van der Waals surface area contributed by atoms with E-state index in [1.165, 1.54) is 25.6 Å². The molecule has 0 saturated heterocycles. The summed E-state index contributed by atoms with van der Waals surface area (Å²) in [4.78, 5) is 22.5. The van der Waals surface area contributed by atoms with Crippen LogP contribution in [0.25, 0.3) is 19.4 Å². The maximum Gasteiger partial charge on any atom is 0.293 e. The molecule has 2 aromatic rings. The number of aliphatic hydroxyl groups is 2. The molecule has 3 N–H and O–H groups in total. The highest BCUT2D eigenvalue weighted by Gasteiger charge is 2.11. The van der Waals surface area contributed by atoms with Crippen molar-refractivity contribution in [2.75, 3.05) is 18.5 Å². The van der Waals surface area contributed by atoms with E-state index in [-0.39, 0.29) is 31.5 Å². The molecule has 2 rings (SSSR count). The summed E-state index contributed by atoms with van der Waals surface area (Å²) in [5, 5.41) is 18.1. The minimum Gasteiger partial charge on any atom is -0.396 e.